The summed E-state index contributed by atoms with van der Waals surface area (Å²) in [5.74, 6) is -1.79. The van der Waals surface area contributed by atoms with Gasteiger partial charge in [0.2, 0.25) is 0 Å². The zero-order valence-corrected chi connectivity index (χ0v) is 23.7. The van der Waals surface area contributed by atoms with Gasteiger partial charge in [0, 0.05) is 20.8 Å². The molecular formula is C28H39NO11. The van der Waals surface area contributed by atoms with Crippen molar-refractivity contribution in [1.82, 2.24) is 5.32 Å². The molecule has 2 aliphatic heterocycles. The molecule has 1 amide bonds. The van der Waals surface area contributed by atoms with Gasteiger partial charge in [0.05, 0.1) is 12.2 Å². The minimum absolute atomic E-state index is 0.0185. The van der Waals surface area contributed by atoms with E-state index in [1.54, 1.807) is 19.1 Å². The van der Waals surface area contributed by atoms with E-state index in [-0.39, 0.29) is 6.61 Å². The highest BCUT2D eigenvalue weighted by molar-refractivity contribution is 5.69. The normalized spacial score (nSPS) is 31.6. The molecule has 9 atom stereocenters. The number of hydrogen-bond acceptors (Lipinski definition) is 11. The van der Waals surface area contributed by atoms with Crippen LogP contribution in [-0.4, -0.2) is 79.1 Å². The minimum Gasteiger partial charge on any atom is -0.457 e. The average Bonchev–Trinajstić information content (AvgIpc) is 3.19. The number of benzene rings is 1. The van der Waals surface area contributed by atoms with Gasteiger partial charge in [0.1, 0.15) is 24.9 Å². The van der Waals surface area contributed by atoms with Crippen LogP contribution in [0.25, 0.3) is 0 Å². The van der Waals surface area contributed by atoms with E-state index in [1.807, 2.05) is 32.0 Å². The van der Waals surface area contributed by atoms with Gasteiger partial charge in [-0.3, -0.25) is 14.4 Å². The van der Waals surface area contributed by atoms with Crippen LogP contribution in [0.15, 0.2) is 30.3 Å². The first-order valence-corrected chi connectivity index (χ1v) is 13.5. The van der Waals surface area contributed by atoms with E-state index in [0.717, 1.165) is 5.56 Å². The summed E-state index contributed by atoms with van der Waals surface area (Å²) in [6.45, 7) is 9.18. The topological polar surface area (TPSA) is 145 Å². The van der Waals surface area contributed by atoms with Crippen molar-refractivity contribution in [3.05, 3.63) is 35.9 Å². The van der Waals surface area contributed by atoms with Gasteiger partial charge in [0.15, 0.2) is 24.6 Å². The number of alkyl carbamates (subject to hydrolysis) is 1. The van der Waals surface area contributed by atoms with E-state index < -0.39 is 79.1 Å². The lowest BCUT2D eigenvalue weighted by molar-refractivity contribution is -0.290. The Morgan fingerprint density at radius 3 is 1.90 bits per heavy atom. The highest BCUT2D eigenvalue weighted by atomic mass is 16.7. The SMILES string of the molecule is CC[C@@H]1OC(O[C@@H]2[C@@H](CC)OC(C)[C@@H]2OC(C)=O)[C@H](NC(=O)OCc2ccccc2)[C@@H](OC(C)=O)[C@@H]1OC(C)=O. The van der Waals surface area contributed by atoms with Crippen LogP contribution in [0.4, 0.5) is 4.79 Å². The predicted molar refractivity (Wildman–Crippen MR) is 139 cm³/mol. The molecule has 1 aromatic rings. The molecule has 0 radical (unpaired) electrons. The Bertz CT molecular complexity index is 1020. The van der Waals surface area contributed by atoms with Crippen LogP contribution in [-0.2, 0) is 54.1 Å². The molecule has 2 heterocycles. The largest absolute Gasteiger partial charge is 0.457 e. The molecule has 0 saturated carbocycles. The Labute approximate surface area is 233 Å². The fourth-order valence-corrected chi connectivity index (χ4v) is 4.98. The van der Waals surface area contributed by atoms with Crippen molar-refractivity contribution in [2.45, 2.75) is 116 Å². The van der Waals surface area contributed by atoms with E-state index in [4.69, 9.17) is 33.2 Å². The molecule has 2 unspecified atom stereocenters. The lowest BCUT2D eigenvalue weighted by Crippen LogP contribution is -2.66. The highest BCUT2D eigenvalue weighted by Crippen LogP contribution is 2.34. The van der Waals surface area contributed by atoms with Gasteiger partial charge < -0.3 is 38.5 Å². The summed E-state index contributed by atoms with van der Waals surface area (Å²) in [6.07, 6.45) is -6.55. The molecule has 2 aliphatic rings. The lowest BCUT2D eigenvalue weighted by atomic mass is 9.94. The van der Waals surface area contributed by atoms with Gasteiger partial charge in [-0.1, -0.05) is 44.2 Å². The maximum absolute atomic E-state index is 13.0. The van der Waals surface area contributed by atoms with Crippen LogP contribution >= 0.6 is 0 Å². The molecule has 12 heteroatoms. The van der Waals surface area contributed by atoms with Gasteiger partial charge in [0.25, 0.3) is 0 Å². The summed E-state index contributed by atoms with van der Waals surface area (Å²) >= 11 is 0. The summed E-state index contributed by atoms with van der Waals surface area (Å²) in [6, 6.07) is 7.91. The number of ether oxygens (including phenoxy) is 7. The molecule has 40 heavy (non-hydrogen) atoms. The molecule has 0 aromatic heterocycles. The third-order valence-corrected chi connectivity index (χ3v) is 6.69. The van der Waals surface area contributed by atoms with Crippen LogP contribution in [0, 0.1) is 0 Å². The zero-order chi connectivity index (χ0) is 29.4. The molecule has 3 rings (SSSR count). The zero-order valence-electron chi connectivity index (χ0n) is 23.7. The smallest absolute Gasteiger partial charge is 0.407 e. The Hall–Kier alpha value is -3.22. The minimum atomic E-state index is -1.21. The molecule has 2 saturated heterocycles. The number of esters is 3. The van der Waals surface area contributed by atoms with E-state index >= 15 is 0 Å². The van der Waals surface area contributed by atoms with Crippen molar-refractivity contribution >= 4 is 24.0 Å². The third-order valence-electron chi connectivity index (χ3n) is 6.69. The summed E-state index contributed by atoms with van der Waals surface area (Å²) in [5.41, 5.74) is 0.762. The number of rotatable bonds is 10. The van der Waals surface area contributed by atoms with Gasteiger partial charge in [-0.05, 0) is 25.3 Å². The first kappa shape index (κ1) is 31.3. The van der Waals surface area contributed by atoms with Crippen LogP contribution in [0.2, 0.25) is 0 Å². The second kappa shape index (κ2) is 14.4. The molecule has 0 aliphatic carbocycles. The Morgan fingerprint density at radius 2 is 1.32 bits per heavy atom. The van der Waals surface area contributed by atoms with E-state index in [1.165, 1.54) is 20.8 Å². The number of carbonyl (C=O) groups is 4. The van der Waals surface area contributed by atoms with Gasteiger partial charge >= 0.3 is 24.0 Å². The molecule has 1 aromatic carbocycles. The monoisotopic (exact) mass is 565 g/mol. The van der Waals surface area contributed by atoms with Crippen molar-refractivity contribution in [2.75, 3.05) is 0 Å². The van der Waals surface area contributed by atoms with Crippen molar-refractivity contribution in [3.63, 3.8) is 0 Å². The van der Waals surface area contributed by atoms with Crippen LogP contribution in [0.3, 0.4) is 0 Å². The molecule has 0 spiro atoms. The average molecular weight is 566 g/mol. The number of hydrogen-bond donors (Lipinski definition) is 1. The Kier molecular flexibility index (Phi) is 11.3. The molecular weight excluding hydrogens is 526 g/mol. The molecule has 0 bridgehead atoms. The summed E-state index contributed by atoms with van der Waals surface area (Å²) in [5, 5.41) is 2.69. The first-order valence-electron chi connectivity index (χ1n) is 13.5. The number of nitrogens with one attached hydrogen (secondary N) is 1. The summed E-state index contributed by atoms with van der Waals surface area (Å²) < 4.78 is 40.6. The van der Waals surface area contributed by atoms with Crippen LogP contribution < -0.4 is 5.32 Å². The van der Waals surface area contributed by atoms with E-state index in [0.29, 0.717) is 12.8 Å². The quantitative estimate of drug-likeness (QED) is 0.330. The van der Waals surface area contributed by atoms with Gasteiger partial charge in [-0.25, -0.2) is 4.79 Å². The second-order valence-corrected chi connectivity index (χ2v) is 9.79. The van der Waals surface area contributed by atoms with E-state index in [2.05, 4.69) is 5.32 Å². The lowest BCUT2D eigenvalue weighted by Gasteiger charge is -2.46. The molecule has 2 fully saturated rings. The van der Waals surface area contributed by atoms with Crippen molar-refractivity contribution in [3.8, 4) is 0 Å². The summed E-state index contributed by atoms with van der Waals surface area (Å²) in [7, 11) is 0. The van der Waals surface area contributed by atoms with Crippen LogP contribution in [0.1, 0.15) is 59.9 Å². The van der Waals surface area contributed by atoms with Gasteiger partial charge in [-0.15, -0.1) is 0 Å². The van der Waals surface area contributed by atoms with Crippen molar-refractivity contribution in [2.24, 2.45) is 0 Å². The first-order chi connectivity index (χ1) is 19.0. The molecule has 222 valence electrons. The number of carbonyl (C=O) groups excluding carboxylic acids is 4. The van der Waals surface area contributed by atoms with E-state index in [9.17, 15) is 19.2 Å². The standard InChI is InChI=1S/C28H39NO11/c1-7-20-24(23(15(3)35-20)36-16(4)30)40-27-22(29-28(33)34-14-19-12-10-9-11-13-19)26(38-18(6)32)25(37-17(5)31)21(8-2)39-27/h9-13,15,20-27H,7-8,14H2,1-6H3,(H,29,33)/t15?,20-,21+,22-,23+,24-,25-,26-,27?/m1/s1. The van der Waals surface area contributed by atoms with Gasteiger partial charge in [-0.2, -0.15) is 0 Å². The molecule has 1 N–H and O–H groups in total. The maximum Gasteiger partial charge on any atom is 0.407 e. The Morgan fingerprint density at radius 1 is 0.775 bits per heavy atom. The maximum atomic E-state index is 13.0. The fourth-order valence-electron chi connectivity index (χ4n) is 4.98. The third kappa shape index (κ3) is 8.15. The second-order valence-electron chi connectivity index (χ2n) is 9.79. The summed E-state index contributed by atoms with van der Waals surface area (Å²) in [4.78, 5) is 49.0. The number of amides is 1. The molecule has 12 nitrogen and oxygen atoms in total. The predicted octanol–water partition coefficient (Wildman–Crippen LogP) is 2.79. The highest BCUT2D eigenvalue weighted by Gasteiger charge is 2.54. The van der Waals surface area contributed by atoms with Crippen LogP contribution in [0.5, 0.6) is 0 Å². The van der Waals surface area contributed by atoms with Crippen molar-refractivity contribution < 1.29 is 52.3 Å². The Balaban J connectivity index is 1.93. The van der Waals surface area contributed by atoms with Crippen molar-refractivity contribution in [1.29, 1.82) is 0 Å². The fraction of sp³-hybridized carbons (Fsp3) is 0.643.